The van der Waals surface area contributed by atoms with Gasteiger partial charge in [0.1, 0.15) is 5.75 Å². The summed E-state index contributed by atoms with van der Waals surface area (Å²) < 4.78 is 5.20. The van der Waals surface area contributed by atoms with Gasteiger partial charge in [-0.15, -0.1) is 0 Å². The summed E-state index contributed by atoms with van der Waals surface area (Å²) in [6.07, 6.45) is 4.18. The molecule has 1 rings (SSSR count). The first-order valence-corrected chi connectivity index (χ1v) is 4.47. The first-order valence-electron chi connectivity index (χ1n) is 4.47. The number of methoxy groups -OCH3 is 1. The fourth-order valence-electron chi connectivity index (χ4n) is 1.37. The average molecular weight is 207 g/mol. The maximum Gasteiger partial charge on any atom is 0.328 e. The number of pyridine rings is 1. The van der Waals surface area contributed by atoms with Crippen molar-refractivity contribution in [3.8, 4) is 5.75 Å². The second kappa shape index (κ2) is 4.59. The van der Waals surface area contributed by atoms with E-state index in [0.29, 0.717) is 5.69 Å². The van der Waals surface area contributed by atoms with E-state index in [2.05, 4.69) is 4.98 Å². The standard InChI is InChI=1S/C11H13NO3/c1-7-6-12-9(4-5-10(13)14)8(2)11(7)15-3/h4-6H,1-3H3,(H,13,14). The highest BCUT2D eigenvalue weighted by molar-refractivity contribution is 5.85. The first kappa shape index (κ1) is 11.2. The lowest BCUT2D eigenvalue weighted by atomic mass is 10.1. The van der Waals surface area contributed by atoms with E-state index in [0.717, 1.165) is 23.0 Å². The molecular formula is C11H13NO3. The fourth-order valence-corrected chi connectivity index (χ4v) is 1.37. The number of hydrogen-bond acceptors (Lipinski definition) is 3. The molecule has 15 heavy (non-hydrogen) atoms. The van der Waals surface area contributed by atoms with Crippen LogP contribution in [0, 0.1) is 13.8 Å². The normalized spacial score (nSPS) is 10.6. The average Bonchev–Trinajstić information content (AvgIpc) is 2.17. The molecule has 0 saturated heterocycles. The van der Waals surface area contributed by atoms with Crippen LogP contribution >= 0.6 is 0 Å². The molecule has 0 aromatic carbocycles. The highest BCUT2D eigenvalue weighted by Gasteiger charge is 2.07. The number of carboxylic acid groups (broad SMARTS) is 1. The van der Waals surface area contributed by atoms with Gasteiger partial charge in [0.05, 0.1) is 12.8 Å². The highest BCUT2D eigenvalue weighted by atomic mass is 16.5. The molecule has 0 spiro atoms. The minimum Gasteiger partial charge on any atom is -0.496 e. The minimum absolute atomic E-state index is 0.611. The van der Waals surface area contributed by atoms with Gasteiger partial charge in [0.15, 0.2) is 0 Å². The molecule has 0 aliphatic rings. The van der Waals surface area contributed by atoms with Crippen molar-refractivity contribution in [2.45, 2.75) is 13.8 Å². The summed E-state index contributed by atoms with van der Waals surface area (Å²) in [5.74, 6) is -0.245. The van der Waals surface area contributed by atoms with E-state index in [9.17, 15) is 4.79 Å². The number of hydrogen-bond donors (Lipinski definition) is 1. The monoisotopic (exact) mass is 207 g/mol. The molecule has 4 heteroatoms. The molecule has 80 valence electrons. The second-order valence-electron chi connectivity index (χ2n) is 3.16. The summed E-state index contributed by atoms with van der Waals surface area (Å²) in [5.41, 5.74) is 2.39. The maximum absolute atomic E-state index is 10.4. The molecule has 1 aromatic heterocycles. The lowest BCUT2D eigenvalue weighted by molar-refractivity contribution is -0.131. The molecule has 4 nitrogen and oxygen atoms in total. The Bertz CT molecular complexity index is 411. The summed E-state index contributed by atoms with van der Waals surface area (Å²) in [6.45, 7) is 3.74. The summed E-state index contributed by atoms with van der Waals surface area (Å²) >= 11 is 0. The van der Waals surface area contributed by atoms with E-state index in [4.69, 9.17) is 9.84 Å². The molecule has 0 saturated carbocycles. The summed E-state index contributed by atoms with van der Waals surface area (Å²) in [4.78, 5) is 14.5. The summed E-state index contributed by atoms with van der Waals surface area (Å²) in [7, 11) is 1.58. The van der Waals surface area contributed by atoms with Crippen molar-refractivity contribution < 1.29 is 14.6 Å². The Morgan fingerprint density at radius 3 is 2.73 bits per heavy atom. The number of carbonyl (C=O) groups is 1. The van der Waals surface area contributed by atoms with Crippen LogP contribution in [0.5, 0.6) is 5.75 Å². The third-order valence-electron chi connectivity index (χ3n) is 2.07. The zero-order valence-electron chi connectivity index (χ0n) is 8.94. The SMILES string of the molecule is COc1c(C)cnc(C=CC(=O)O)c1C. The van der Waals surface area contributed by atoms with E-state index in [1.165, 1.54) is 6.08 Å². The van der Waals surface area contributed by atoms with Crippen molar-refractivity contribution in [3.63, 3.8) is 0 Å². The predicted octanol–water partition coefficient (Wildman–Crippen LogP) is 1.80. The minimum atomic E-state index is -0.990. The zero-order valence-corrected chi connectivity index (χ0v) is 8.94. The van der Waals surface area contributed by atoms with Gasteiger partial charge in [-0.05, 0) is 19.9 Å². The van der Waals surface area contributed by atoms with E-state index < -0.39 is 5.97 Å². The van der Waals surface area contributed by atoms with Crippen LogP contribution in [0.3, 0.4) is 0 Å². The van der Waals surface area contributed by atoms with E-state index >= 15 is 0 Å². The number of carboxylic acids is 1. The van der Waals surface area contributed by atoms with Gasteiger partial charge in [0.25, 0.3) is 0 Å². The van der Waals surface area contributed by atoms with Gasteiger partial charge in [0.2, 0.25) is 0 Å². The number of ether oxygens (including phenoxy) is 1. The van der Waals surface area contributed by atoms with Crippen molar-refractivity contribution in [1.29, 1.82) is 0 Å². The molecule has 1 aromatic rings. The van der Waals surface area contributed by atoms with E-state index in [1.807, 2.05) is 13.8 Å². The number of aliphatic carboxylic acids is 1. The van der Waals surface area contributed by atoms with E-state index in [1.54, 1.807) is 13.3 Å². The van der Waals surface area contributed by atoms with Gasteiger partial charge in [-0.2, -0.15) is 0 Å². The Labute approximate surface area is 88.2 Å². The van der Waals surface area contributed by atoms with Gasteiger partial charge in [-0.1, -0.05) is 0 Å². The molecule has 0 unspecified atom stereocenters. The van der Waals surface area contributed by atoms with Crippen LogP contribution in [0.25, 0.3) is 6.08 Å². The Hall–Kier alpha value is -1.84. The van der Waals surface area contributed by atoms with Gasteiger partial charge >= 0.3 is 5.97 Å². The quantitative estimate of drug-likeness (QED) is 0.768. The van der Waals surface area contributed by atoms with Crippen molar-refractivity contribution >= 4 is 12.0 Å². The number of nitrogens with zero attached hydrogens (tertiary/aromatic N) is 1. The smallest absolute Gasteiger partial charge is 0.328 e. The Morgan fingerprint density at radius 1 is 1.53 bits per heavy atom. The maximum atomic E-state index is 10.4. The van der Waals surface area contributed by atoms with Gasteiger partial charge < -0.3 is 9.84 Å². The number of aryl methyl sites for hydroxylation is 1. The van der Waals surface area contributed by atoms with Crippen molar-refractivity contribution in [2.24, 2.45) is 0 Å². The largest absolute Gasteiger partial charge is 0.496 e. The lowest BCUT2D eigenvalue weighted by Gasteiger charge is -2.09. The van der Waals surface area contributed by atoms with Crippen LogP contribution in [-0.4, -0.2) is 23.2 Å². The van der Waals surface area contributed by atoms with Gasteiger partial charge in [-0.25, -0.2) is 4.79 Å². The van der Waals surface area contributed by atoms with Gasteiger partial charge in [0, 0.05) is 23.4 Å². The molecule has 0 bridgehead atoms. The van der Waals surface area contributed by atoms with Crippen molar-refractivity contribution in [3.05, 3.63) is 29.1 Å². The molecule has 1 N–H and O–H groups in total. The molecule has 0 aliphatic carbocycles. The van der Waals surface area contributed by atoms with Crippen LogP contribution in [0.15, 0.2) is 12.3 Å². The van der Waals surface area contributed by atoms with E-state index in [-0.39, 0.29) is 0 Å². The predicted molar refractivity (Wildman–Crippen MR) is 56.9 cm³/mol. The van der Waals surface area contributed by atoms with Crippen LogP contribution in [0.2, 0.25) is 0 Å². The Morgan fingerprint density at radius 2 is 2.20 bits per heavy atom. The molecule has 0 aliphatic heterocycles. The molecule has 1 heterocycles. The number of aromatic nitrogens is 1. The molecule has 0 amide bonds. The van der Waals surface area contributed by atoms with Gasteiger partial charge in [-0.3, -0.25) is 4.98 Å². The summed E-state index contributed by atoms with van der Waals surface area (Å²) in [5, 5.41) is 8.50. The van der Waals surface area contributed by atoms with Crippen molar-refractivity contribution in [2.75, 3.05) is 7.11 Å². The Kier molecular flexibility index (Phi) is 3.44. The third-order valence-corrected chi connectivity index (χ3v) is 2.07. The second-order valence-corrected chi connectivity index (χ2v) is 3.16. The molecule has 0 radical (unpaired) electrons. The van der Waals surface area contributed by atoms with Crippen LogP contribution in [-0.2, 0) is 4.79 Å². The molecule has 0 fully saturated rings. The molecule has 0 atom stereocenters. The highest BCUT2D eigenvalue weighted by Crippen LogP contribution is 2.24. The van der Waals surface area contributed by atoms with Crippen LogP contribution < -0.4 is 4.74 Å². The lowest BCUT2D eigenvalue weighted by Crippen LogP contribution is -1.96. The third kappa shape index (κ3) is 2.56. The zero-order chi connectivity index (χ0) is 11.4. The number of rotatable bonds is 3. The van der Waals surface area contributed by atoms with Crippen LogP contribution in [0.1, 0.15) is 16.8 Å². The topological polar surface area (TPSA) is 59.4 Å². The first-order chi connectivity index (χ1) is 7.06. The van der Waals surface area contributed by atoms with Crippen LogP contribution in [0.4, 0.5) is 0 Å². The summed E-state index contributed by atoms with van der Waals surface area (Å²) in [6, 6.07) is 0. The van der Waals surface area contributed by atoms with Crippen molar-refractivity contribution in [1.82, 2.24) is 4.98 Å². The Balaban J connectivity index is 3.16. The molecular weight excluding hydrogens is 194 g/mol. The fraction of sp³-hybridized carbons (Fsp3) is 0.273.